The van der Waals surface area contributed by atoms with Gasteiger partial charge in [-0.2, -0.15) is 0 Å². The molecule has 0 aromatic heterocycles. The molecule has 0 amide bonds. The molecule has 2 rings (SSSR count). The fraction of sp³-hybridized carbons (Fsp3) is 1.00. The summed E-state index contributed by atoms with van der Waals surface area (Å²) in [5.74, 6) is -3.17. The van der Waals surface area contributed by atoms with E-state index in [2.05, 4.69) is 0 Å². The van der Waals surface area contributed by atoms with E-state index < -0.39 is 17.8 Å². The summed E-state index contributed by atoms with van der Waals surface area (Å²) in [5, 5.41) is -0.184. The summed E-state index contributed by atoms with van der Waals surface area (Å²) >= 11 is 2.03. The summed E-state index contributed by atoms with van der Waals surface area (Å²) in [5.41, 5.74) is 0. The number of ether oxygens (including phenoxy) is 4. The van der Waals surface area contributed by atoms with E-state index in [0.29, 0.717) is 25.2 Å². The topological polar surface area (TPSA) is 74.2 Å². The van der Waals surface area contributed by atoms with Crippen molar-refractivity contribution in [1.29, 1.82) is 0 Å². The van der Waals surface area contributed by atoms with Crippen molar-refractivity contribution in [2.75, 3.05) is 12.4 Å². The van der Waals surface area contributed by atoms with Gasteiger partial charge in [0.05, 0.1) is 37.1 Å². The predicted molar refractivity (Wildman–Crippen MR) is 113 cm³/mol. The van der Waals surface area contributed by atoms with Gasteiger partial charge in [-0.3, -0.25) is 4.57 Å². The van der Waals surface area contributed by atoms with Gasteiger partial charge in [0.15, 0.2) is 0 Å². The third-order valence-electron chi connectivity index (χ3n) is 4.17. The molecule has 27 heavy (non-hydrogen) atoms. The molecule has 152 valence electrons. The van der Waals surface area contributed by atoms with Gasteiger partial charge in [0.25, 0.3) is 0 Å². The molecule has 0 spiro atoms. The van der Waals surface area contributed by atoms with Crippen molar-refractivity contribution in [2.45, 2.75) is 88.3 Å². The van der Waals surface area contributed by atoms with Crippen LogP contribution in [-0.2, 0) is 23.5 Å². The van der Waals surface area contributed by atoms with Gasteiger partial charge in [-0.25, -0.2) is 0 Å². The first kappa shape index (κ1) is 24.1. The lowest BCUT2D eigenvalue weighted by atomic mass is 9.96. The molecule has 7 atom stereocenters. The maximum Gasteiger partial charge on any atom is 0.311 e. The molecular formula is C16H29B2O6PS2. The monoisotopic (exact) mass is 434 g/mol. The Morgan fingerprint density at radius 2 is 1.74 bits per heavy atom. The average molecular weight is 434 g/mol. The summed E-state index contributed by atoms with van der Waals surface area (Å²) in [6.07, 6.45) is 0.474. The lowest BCUT2D eigenvalue weighted by Gasteiger charge is -2.24. The molecule has 2 aliphatic heterocycles. The van der Waals surface area contributed by atoms with Gasteiger partial charge in [-0.05, 0) is 40.5 Å². The zero-order valence-electron chi connectivity index (χ0n) is 16.4. The molecule has 11 heteroatoms. The Labute approximate surface area is 173 Å². The summed E-state index contributed by atoms with van der Waals surface area (Å²) in [6, 6.07) is -0.836. The summed E-state index contributed by atoms with van der Waals surface area (Å²) < 4.78 is 35.5. The van der Waals surface area contributed by atoms with Gasteiger partial charge in [0.2, 0.25) is 0 Å². The van der Waals surface area contributed by atoms with E-state index >= 15 is 0 Å². The van der Waals surface area contributed by atoms with Crippen LogP contribution in [0.4, 0.5) is 0 Å². The normalized spacial score (nSPS) is 36.6. The molecule has 1 N–H and O–H groups in total. The SMILES string of the molecule is [B][C@H]1C[C@@H](OC(C)C)[C@@H](CSP(=O)(O)S[C@@H]2C[C@H]([B])O[C@@H]2COC(C)C)O1. The van der Waals surface area contributed by atoms with Crippen LogP contribution >= 0.6 is 28.5 Å². The van der Waals surface area contributed by atoms with Crippen molar-refractivity contribution in [3.8, 4) is 0 Å². The highest BCUT2D eigenvalue weighted by atomic mass is 33.1. The second-order valence-electron chi connectivity index (χ2n) is 7.41. The molecule has 0 aliphatic carbocycles. The number of hydrogen-bond acceptors (Lipinski definition) is 7. The Hall–Kier alpha value is 0.860. The number of hydrogen-bond donors (Lipinski definition) is 1. The molecule has 2 fully saturated rings. The summed E-state index contributed by atoms with van der Waals surface area (Å²) in [7, 11) is 11.7. The van der Waals surface area contributed by atoms with E-state index in [1.165, 1.54) is 0 Å². The molecule has 0 bridgehead atoms. The maximum absolute atomic E-state index is 12.7. The molecule has 4 radical (unpaired) electrons. The molecule has 2 aliphatic rings. The number of rotatable bonds is 10. The maximum atomic E-state index is 12.7. The van der Waals surface area contributed by atoms with Gasteiger partial charge in [-0.15, -0.1) is 0 Å². The highest BCUT2D eigenvalue weighted by Gasteiger charge is 2.40. The molecule has 0 aromatic rings. The van der Waals surface area contributed by atoms with Crippen molar-refractivity contribution in [3.05, 3.63) is 0 Å². The first-order valence-electron chi connectivity index (χ1n) is 9.30. The van der Waals surface area contributed by atoms with Crippen molar-refractivity contribution in [3.63, 3.8) is 0 Å². The fourth-order valence-corrected chi connectivity index (χ4v) is 9.61. The second kappa shape index (κ2) is 10.8. The highest BCUT2D eigenvalue weighted by molar-refractivity contribution is 8.89. The van der Waals surface area contributed by atoms with Crippen LogP contribution in [-0.4, -0.2) is 80.7 Å². The fourth-order valence-electron chi connectivity index (χ4n) is 3.05. The zero-order valence-corrected chi connectivity index (χ0v) is 18.9. The minimum atomic E-state index is -3.52. The van der Waals surface area contributed by atoms with E-state index in [1.54, 1.807) is 0 Å². The summed E-state index contributed by atoms with van der Waals surface area (Å²) in [6.45, 7) is 8.13. The quantitative estimate of drug-likeness (QED) is 0.416. The lowest BCUT2D eigenvalue weighted by molar-refractivity contribution is -0.0306. The van der Waals surface area contributed by atoms with E-state index in [4.69, 9.17) is 34.6 Å². The Morgan fingerprint density at radius 1 is 1.11 bits per heavy atom. The largest absolute Gasteiger partial charge is 0.381 e. The smallest absolute Gasteiger partial charge is 0.311 e. The van der Waals surface area contributed by atoms with E-state index in [9.17, 15) is 9.46 Å². The van der Waals surface area contributed by atoms with Gasteiger partial charge in [-0.1, -0.05) is 22.8 Å². The molecule has 0 saturated carbocycles. The van der Waals surface area contributed by atoms with Gasteiger partial charge in [0.1, 0.15) is 15.7 Å². The minimum absolute atomic E-state index is 0.0468. The molecule has 1 unspecified atom stereocenters. The first-order valence-corrected chi connectivity index (χ1v) is 14.0. The van der Waals surface area contributed by atoms with Crippen LogP contribution in [0.3, 0.4) is 0 Å². The van der Waals surface area contributed by atoms with Crippen molar-refractivity contribution in [2.24, 2.45) is 0 Å². The van der Waals surface area contributed by atoms with Crippen LogP contribution in [0.5, 0.6) is 0 Å². The van der Waals surface area contributed by atoms with E-state index in [0.717, 1.165) is 22.8 Å². The van der Waals surface area contributed by atoms with Crippen LogP contribution in [0, 0.1) is 0 Å². The van der Waals surface area contributed by atoms with Crippen molar-refractivity contribution < 1.29 is 28.4 Å². The summed E-state index contributed by atoms with van der Waals surface area (Å²) in [4.78, 5) is 10.5. The van der Waals surface area contributed by atoms with Gasteiger partial charge >= 0.3 is 5.77 Å². The molecule has 2 saturated heterocycles. The van der Waals surface area contributed by atoms with Crippen LogP contribution in [0.15, 0.2) is 0 Å². The molecule has 6 nitrogen and oxygen atoms in total. The Kier molecular flexibility index (Phi) is 9.62. The van der Waals surface area contributed by atoms with Crippen molar-refractivity contribution >= 4 is 44.2 Å². The van der Waals surface area contributed by atoms with Crippen LogP contribution < -0.4 is 0 Å². The predicted octanol–water partition coefficient (Wildman–Crippen LogP) is 2.71. The van der Waals surface area contributed by atoms with Crippen molar-refractivity contribution in [1.82, 2.24) is 0 Å². The molecule has 0 aromatic carbocycles. The first-order chi connectivity index (χ1) is 12.6. The minimum Gasteiger partial charge on any atom is -0.381 e. The third-order valence-corrected chi connectivity index (χ3v) is 10.8. The zero-order chi connectivity index (χ0) is 20.2. The van der Waals surface area contributed by atoms with E-state index in [1.807, 2.05) is 27.7 Å². The van der Waals surface area contributed by atoms with Crippen LogP contribution in [0.2, 0.25) is 0 Å². The Bertz CT molecular complexity index is 515. The van der Waals surface area contributed by atoms with Crippen LogP contribution in [0.1, 0.15) is 40.5 Å². The van der Waals surface area contributed by atoms with Gasteiger partial charge < -0.3 is 23.8 Å². The Balaban J connectivity index is 1.87. The molecular weight excluding hydrogens is 405 g/mol. The average Bonchev–Trinajstić information content (AvgIpc) is 3.04. The highest BCUT2D eigenvalue weighted by Crippen LogP contribution is 2.68. The lowest BCUT2D eigenvalue weighted by Crippen LogP contribution is -2.29. The Morgan fingerprint density at radius 3 is 2.37 bits per heavy atom. The second-order valence-corrected chi connectivity index (χ2v) is 14.8. The van der Waals surface area contributed by atoms with Crippen LogP contribution in [0.25, 0.3) is 0 Å². The third kappa shape index (κ3) is 8.25. The van der Waals surface area contributed by atoms with E-state index in [-0.39, 0.29) is 35.8 Å². The standard InChI is InChI=1S/C16H29B2O6PS2/c1-9(2)21-7-12-14(6-16(18)23-12)27-25(19,20)26-8-13-11(22-10(3)4)5-15(17)24-13/h9-16H,5-8H2,1-4H3,(H,19,20)/t11-,12-,13-,14-,15-,16-/m1/s1. The molecule has 2 heterocycles. The van der Waals surface area contributed by atoms with Gasteiger partial charge in [0, 0.05) is 23.0 Å².